The van der Waals surface area contributed by atoms with Crippen molar-refractivity contribution >= 4 is 35.1 Å². The maximum atomic E-state index is 12.9. The highest BCUT2D eigenvalue weighted by Gasteiger charge is 2.46. The van der Waals surface area contributed by atoms with E-state index in [9.17, 15) is 9.59 Å². The largest absolute Gasteiger partial charge is 0.323 e. The Morgan fingerprint density at radius 3 is 2.79 bits per heavy atom. The number of hydrogen-bond donors (Lipinski definition) is 2. The van der Waals surface area contributed by atoms with E-state index in [0.29, 0.717) is 5.82 Å². The maximum absolute atomic E-state index is 12.9. The minimum absolute atomic E-state index is 0.107. The van der Waals surface area contributed by atoms with Gasteiger partial charge in [-0.25, -0.2) is 4.68 Å². The first-order valence-corrected chi connectivity index (χ1v) is 8.60. The van der Waals surface area contributed by atoms with Crippen LogP contribution in [-0.2, 0) is 9.59 Å². The molecule has 1 aliphatic heterocycles. The number of hydrogen-bond acceptors (Lipinski definition) is 4. The summed E-state index contributed by atoms with van der Waals surface area (Å²) in [6, 6.07) is 9.38. The first kappa shape index (κ1) is 16.6. The fourth-order valence-electron chi connectivity index (χ4n) is 2.56. The van der Waals surface area contributed by atoms with Crippen LogP contribution in [-0.4, -0.2) is 26.3 Å². The van der Waals surface area contributed by atoms with Crippen LogP contribution < -0.4 is 10.6 Å². The van der Waals surface area contributed by atoms with Gasteiger partial charge in [-0.1, -0.05) is 23.9 Å². The molecule has 3 rings (SSSR count). The van der Waals surface area contributed by atoms with Crippen LogP contribution in [0.15, 0.2) is 35.2 Å². The number of amides is 2. The van der Waals surface area contributed by atoms with Crippen LogP contribution in [0.3, 0.4) is 0 Å². The molecular weight excluding hydrogens is 324 g/mol. The van der Waals surface area contributed by atoms with Crippen molar-refractivity contribution in [3.63, 3.8) is 0 Å². The summed E-state index contributed by atoms with van der Waals surface area (Å²) in [5.41, 5.74) is 1.55. The number of aromatic nitrogens is 2. The quantitative estimate of drug-likeness (QED) is 0.838. The van der Waals surface area contributed by atoms with E-state index in [1.807, 2.05) is 45.0 Å². The molecule has 0 aliphatic carbocycles. The second-order valence-electron chi connectivity index (χ2n) is 6.25. The van der Waals surface area contributed by atoms with Crippen LogP contribution in [0.5, 0.6) is 0 Å². The number of nitrogens with zero attached hydrogens (tertiary/aromatic N) is 2. The number of nitrogens with one attached hydrogen (secondary N) is 2. The van der Waals surface area contributed by atoms with Gasteiger partial charge in [0.15, 0.2) is 4.75 Å². The van der Waals surface area contributed by atoms with Gasteiger partial charge in [0.05, 0.1) is 11.4 Å². The van der Waals surface area contributed by atoms with E-state index in [0.717, 1.165) is 16.3 Å². The molecule has 2 amide bonds. The molecule has 0 fully saturated rings. The van der Waals surface area contributed by atoms with Gasteiger partial charge in [0.2, 0.25) is 5.91 Å². The monoisotopic (exact) mass is 344 g/mol. The fourth-order valence-corrected chi connectivity index (χ4v) is 3.66. The lowest BCUT2D eigenvalue weighted by atomic mass is 10.1. The van der Waals surface area contributed by atoms with Crippen LogP contribution in [0.25, 0.3) is 0 Å². The third-order valence-corrected chi connectivity index (χ3v) is 5.26. The molecule has 0 saturated heterocycles. The fraction of sp³-hybridized carbons (Fsp3) is 0.353. The Kier molecular flexibility index (Phi) is 4.13. The SMILES string of the molecule is Cc1cc(NC(=O)C2(C)Sc3ccccc3NC2=O)n(C(C)C)n1. The Bertz CT molecular complexity index is 815. The zero-order valence-corrected chi connectivity index (χ0v) is 14.9. The normalized spacial score (nSPS) is 19.8. The molecule has 1 aromatic carbocycles. The zero-order chi connectivity index (χ0) is 17.5. The lowest BCUT2D eigenvalue weighted by Crippen LogP contribution is -2.49. The summed E-state index contributed by atoms with van der Waals surface area (Å²) in [6.45, 7) is 7.49. The summed E-state index contributed by atoms with van der Waals surface area (Å²) in [5, 5.41) is 10.1. The zero-order valence-electron chi connectivity index (χ0n) is 14.1. The van der Waals surface area contributed by atoms with Crippen LogP contribution >= 0.6 is 11.8 Å². The van der Waals surface area contributed by atoms with Crippen LogP contribution in [0.1, 0.15) is 32.5 Å². The lowest BCUT2D eigenvalue weighted by molar-refractivity contribution is -0.126. The second-order valence-corrected chi connectivity index (χ2v) is 7.71. The van der Waals surface area contributed by atoms with Crippen LogP contribution in [0, 0.1) is 6.92 Å². The average Bonchev–Trinajstić information content (AvgIpc) is 2.89. The highest BCUT2D eigenvalue weighted by molar-refractivity contribution is 8.02. The van der Waals surface area contributed by atoms with E-state index in [1.54, 1.807) is 17.7 Å². The van der Waals surface area contributed by atoms with E-state index in [-0.39, 0.29) is 17.9 Å². The van der Waals surface area contributed by atoms with Crippen molar-refractivity contribution in [2.75, 3.05) is 10.6 Å². The van der Waals surface area contributed by atoms with Crippen LogP contribution in [0.2, 0.25) is 0 Å². The Morgan fingerprint density at radius 1 is 1.38 bits per heavy atom. The van der Waals surface area contributed by atoms with Crippen molar-refractivity contribution in [2.45, 2.75) is 43.4 Å². The van der Waals surface area contributed by atoms with Gasteiger partial charge in [0.1, 0.15) is 5.82 Å². The van der Waals surface area contributed by atoms with Crippen molar-refractivity contribution in [3.8, 4) is 0 Å². The van der Waals surface area contributed by atoms with Gasteiger partial charge in [-0.3, -0.25) is 9.59 Å². The topological polar surface area (TPSA) is 76.0 Å². The molecular formula is C17H20N4O2S. The highest BCUT2D eigenvalue weighted by Crippen LogP contribution is 2.42. The van der Waals surface area contributed by atoms with Gasteiger partial charge in [0.25, 0.3) is 5.91 Å². The molecule has 0 spiro atoms. The van der Waals surface area contributed by atoms with Gasteiger partial charge >= 0.3 is 0 Å². The number of thioether (sulfide) groups is 1. The molecule has 2 heterocycles. The van der Waals surface area contributed by atoms with Crippen molar-refractivity contribution < 1.29 is 9.59 Å². The number of fused-ring (bicyclic) bond motifs is 1. The van der Waals surface area contributed by atoms with Crippen molar-refractivity contribution in [1.82, 2.24) is 9.78 Å². The summed E-state index contributed by atoms with van der Waals surface area (Å²) >= 11 is 1.26. The number of anilines is 2. The molecule has 6 nitrogen and oxygen atoms in total. The van der Waals surface area contributed by atoms with Crippen molar-refractivity contribution in [1.29, 1.82) is 0 Å². The Morgan fingerprint density at radius 2 is 2.08 bits per heavy atom. The van der Waals surface area contributed by atoms with E-state index >= 15 is 0 Å². The summed E-state index contributed by atoms with van der Waals surface area (Å²) in [7, 11) is 0. The number of rotatable bonds is 3. The molecule has 126 valence electrons. The lowest BCUT2D eigenvalue weighted by Gasteiger charge is -2.31. The van der Waals surface area contributed by atoms with Crippen molar-refractivity contribution in [3.05, 3.63) is 36.0 Å². The number of carbonyl (C=O) groups is 2. The predicted octanol–water partition coefficient (Wildman–Crippen LogP) is 3.21. The van der Waals surface area contributed by atoms with Crippen LogP contribution in [0.4, 0.5) is 11.5 Å². The number of benzene rings is 1. The number of carbonyl (C=O) groups excluding carboxylic acids is 2. The predicted molar refractivity (Wildman–Crippen MR) is 95.3 cm³/mol. The van der Waals surface area contributed by atoms with Gasteiger partial charge in [-0.15, -0.1) is 0 Å². The summed E-state index contributed by atoms with van der Waals surface area (Å²) in [5.74, 6) is -0.0849. The molecule has 0 radical (unpaired) electrons. The van der Waals surface area contributed by atoms with E-state index in [2.05, 4.69) is 15.7 Å². The Hall–Kier alpha value is -2.28. The van der Waals surface area contributed by atoms with Gasteiger partial charge in [0, 0.05) is 17.0 Å². The Labute approximate surface area is 145 Å². The molecule has 24 heavy (non-hydrogen) atoms. The molecule has 0 bridgehead atoms. The summed E-state index contributed by atoms with van der Waals surface area (Å²) in [4.78, 5) is 26.3. The van der Waals surface area contributed by atoms with E-state index in [4.69, 9.17) is 0 Å². The third kappa shape index (κ3) is 2.80. The molecule has 1 aliphatic rings. The smallest absolute Gasteiger partial charge is 0.251 e. The number of aryl methyl sites for hydroxylation is 1. The first-order valence-electron chi connectivity index (χ1n) is 7.78. The van der Waals surface area contributed by atoms with Gasteiger partial charge in [-0.2, -0.15) is 5.10 Å². The molecule has 1 aromatic heterocycles. The Balaban J connectivity index is 1.89. The van der Waals surface area contributed by atoms with E-state index in [1.165, 1.54) is 11.8 Å². The maximum Gasteiger partial charge on any atom is 0.251 e. The molecule has 0 saturated carbocycles. The first-order chi connectivity index (χ1) is 11.3. The summed E-state index contributed by atoms with van der Waals surface area (Å²) in [6.07, 6.45) is 0. The highest BCUT2D eigenvalue weighted by atomic mass is 32.2. The molecule has 2 aromatic rings. The molecule has 7 heteroatoms. The average molecular weight is 344 g/mol. The minimum atomic E-state index is -1.24. The van der Waals surface area contributed by atoms with Gasteiger partial charge < -0.3 is 10.6 Å². The minimum Gasteiger partial charge on any atom is -0.323 e. The molecule has 1 atom stereocenters. The second kappa shape index (κ2) is 5.98. The number of para-hydroxylation sites is 1. The molecule has 1 unspecified atom stereocenters. The van der Waals surface area contributed by atoms with E-state index < -0.39 is 4.75 Å². The standard InChI is InChI=1S/C17H20N4O2S/c1-10(2)21-14(9-11(3)20-21)19-16(23)17(4)15(22)18-12-7-5-6-8-13(12)24-17/h5-10H,1-4H3,(H,18,22)(H,19,23). The van der Waals surface area contributed by atoms with Crippen molar-refractivity contribution in [2.24, 2.45) is 0 Å². The van der Waals surface area contributed by atoms with Gasteiger partial charge in [-0.05, 0) is 39.8 Å². The summed E-state index contributed by atoms with van der Waals surface area (Å²) < 4.78 is 0.504. The third-order valence-electron chi connectivity index (χ3n) is 3.90. The molecule has 2 N–H and O–H groups in total.